The molecule has 8 heteroatoms. The highest BCUT2D eigenvalue weighted by molar-refractivity contribution is 14.0. The number of aliphatic imine (C=N–C) groups is 1. The van der Waals surface area contributed by atoms with E-state index in [1.54, 1.807) is 7.11 Å². The number of aromatic nitrogens is 1. The fourth-order valence-electron chi connectivity index (χ4n) is 3.92. The van der Waals surface area contributed by atoms with Crippen LogP contribution in [0.5, 0.6) is 11.5 Å². The fraction of sp³-hybridized carbons (Fsp3) is 0.583. The molecule has 1 aliphatic rings. The zero-order chi connectivity index (χ0) is 22.1. The van der Waals surface area contributed by atoms with Crippen LogP contribution in [-0.2, 0) is 25.9 Å². The molecule has 1 heterocycles. The Morgan fingerprint density at radius 1 is 1.12 bits per heavy atom. The molecule has 1 aromatic carbocycles. The molecule has 2 aromatic rings. The molecule has 0 amide bonds. The quantitative estimate of drug-likeness (QED) is 0.244. The molecule has 2 N–H and O–H groups in total. The third kappa shape index (κ3) is 7.02. The van der Waals surface area contributed by atoms with Gasteiger partial charge in [0.15, 0.2) is 17.5 Å². The average molecular weight is 556 g/mol. The van der Waals surface area contributed by atoms with E-state index in [-0.39, 0.29) is 24.0 Å². The summed E-state index contributed by atoms with van der Waals surface area (Å²) in [6, 6.07) is 6.08. The number of nitrogens with zero attached hydrogens (tertiary/aromatic N) is 2. The zero-order valence-corrected chi connectivity index (χ0v) is 22.0. The second-order valence-electron chi connectivity index (χ2n) is 7.80. The van der Waals surface area contributed by atoms with Gasteiger partial charge in [0.1, 0.15) is 5.76 Å². The van der Waals surface area contributed by atoms with Crippen LogP contribution in [0.25, 0.3) is 0 Å². The minimum atomic E-state index is 0. The van der Waals surface area contributed by atoms with Gasteiger partial charge in [-0.05, 0) is 56.7 Å². The number of guanidine groups is 1. The second-order valence-corrected chi connectivity index (χ2v) is 7.80. The Kier molecular flexibility index (Phi) is 11.1. The molecule has 0 aliphatic heterocycles. The summed E-state index contributed by atoms with van der Waals surface area (Å²) in [6.07, 6.45) is 6.72. The van der Waals surface area contributed by atoms with Gasteiger partial charge in [0.25, 0.3) is 0 Å². The Morgan fingerprint density at radius 2 is 1.91 bits per heavy atom. The molecule has 3 rings (SSSR count). The van der Waals surface area contributed by atoms with Crippen LogP contribution in [0.2, 0.25) is 0 Å². The molecule has 7 nitrogen and oxygen atoms in total. The number of hydrogen-bond donors (Lipinski definition) is 2. The summed E-state index contributed by atoms with van der Waals surface area (Å²) in [6.45, 7) is 8.20. The maximum atomic E-state index is 6.14. The molecule has 1 aliphatic carbocycles. The zero-order valence-electron chi connectivity index (χ0n) is 19.7. The predicted molar refractivity (Wildman–Crippen MR) is 138 cm³/mol. The SMILES string of the molecule is CCNC(=NCc1ccc(OC2CCCC2)c(OC)c1)NCc1c(CC)noc1CC.I. The van der Waals surface area contributed by atoms with Gasteiger partial charge in [-0.3, -0.25) is 0 Å². The maximum Gasteiger partial charge on any atom is 0.191 e. The van der Waals surface area contributed by atoms with Crippen molar-refractivity contribution in [1.82, 2.24) is 15.8 Å². The number of methoxy groups -OCH3 is 1. The molecular formula is C24H37IN4O3. The van der Waals surface area contributed by atoms with Gasteiger partial charge in [-0.15, -0.1) is 24.0 Å². The summed E-state index contributed by atoms with van der Waals surface area (Å²) in [5.41, 5.74) is 3.20. The molecule has 0 unspecified atom stereocenters. The van der Waals surface area contributed by atoms with Crippen molar-refractivity contribution in [1.29, 1.82) is 0 Å². The van der Waals surface area contributed by atoms with E-state index in [0.717, 1.165) is 72.3 Å². The Morgan fingerprint density at radius 3 is 2.56 bits per heavy atom. The van der Waals surface area contributed by atoms with Crippen LogP contribution in [-0.4, -0.2) is 30.9 Å². The van der Waals surface area contributed by atoms with Crippen molar-refractivity contribution in [2.75, 3.05) is 13.7 Å². The van der Waals surface area contributed by atoms with E-state index in [0.29, 0.717) is 19.2 Å². The van der Waals surface area contributed by atoms with Crippen LogP contribution >= 0.6 is 24.0 Å². The summed E-state index contributed by atoms with van der Waals surface area (Å²) in [5.74, 6) is 3.28. The molecular weight excluding hydrogens is 519 g/mol. The Balaban J connectivity index is 0.00000363. The average Bonchev–Trinajstić information content (AvgIpc) is 3.45. The number of ether oxygens (including phenoxy) is 2. The number of halogens is 1. The Bertz CT molecular complexity index is 841. The Hall–Kier alpha value is -1.97. The first-order chi connectivity index (χ1) is 15.2. The minimum Gasteiger partial charge on any atom is -0.493 e. The lowest BCUT2D eigenvalue weighted by molar-refractivity contribution is 0.200. The van der Waals surface area contributed by atoms with Crippen molar-refractivity contribution in [3.63, 3.8) is 0 Å². The first-order valence-corrected chi connectivity index (χ1v) is 11.5. The monoisotopic (exact) mass is 556 g/mol. The topological polar surface area (TPSA) is 80.9 Å². The molecule has 0 spiro atoms. The van der Waals surface area contributed by atoms with Gasteiger partial charge < -0.3 is 24.6 Å². The van der Waals surface area contributed by atoms with Crippen molar-refractivity contribution >= 4 is 29.9 Å². The van der Waals surface area contributed by atoms with Crippen LogP contribution < -0.4 is 20.1 Å². The highest BCUT2D eigenvalue weighted by Crippen LogP contribution is 2.32. The van der Waals surface area contributed by atoms with Crippen molar-refractivity contribution in [2.24, 2.45) is 4.99 Å². The van der Waals surface area contributed by atoms with Crippen molar-refractivity contribution in [3.8, 4) is 11.5 Å². The van der Waals surface area contributed by atoms with Gasteiger partial charge in [0.05, 0.1) is 25.5 Å². The lowest BCUT2D eigenvalue weighted by Crippen LogP contribution is -2.37. The molecule has 1 fully saturated rings. The number of benzene rings is 1. The van der Waals surface area contributed by atoms with Gasteiger partial charge in [-0.2, -0.15) is 0 Å². The third-order valence-corrected chi connectivity index (χ3v) is 5.63. The smallest absolute Gasteiger partial charge is 0.191 e. The minimum absolute atomic E-state index is 0. The van der Waals surface area contributed by atoms with Gasteiger partial charge >= 0.3 is 0 Å². The van der Waals surface area contributed by atoms with Crippen LogP contribution in [0.15, 0.2) is 27.7 Å². The van der Waals surface area contributed by atoms with Crippen LogP contribution in [0.1, 0.15) is 69.0 Å². The van der Waals surface area contributed by atoms with E-state index in [1.807, 2.05) is 12.1 Å². The lowest BCUT2D eigenvalue weighted by Gasteiger charge is -2.16. The highest BCUT2D eigenvalue weighted by Gasteiger charge is 2.18. The molecule has 0 atom stereocenters. The largest absolute Gasteiger partial charge is 0.493 e. The van der Waals surface area contributed by atoms with E-state index in [1.165, 1.54) is 12.8 Å². The predicted octanol–water partition coefficient (Wildman–Crippen LogP) is 5.00. The second kappa shape index (κ2) is 13.5. The summed E-state index contributed by atoms with van der Waals surface area (Å²) in [7, 11) is 1.69. The highest BCUT2D eigenvalue weighted by atomic mass is 127. The van der Waals surface area contributed by atoms with E-state index in [4.69, 9.17) is 19.0 Å². The van der Waals surface area contributed by atoms with Crippen molar-refractivity contribution in [2.45, 2.75) is 78.5 Å². The standard InChI is InChI=1S/C24H36N4O3.HI/c1-5-20-19(21(6-2)31-28-20)16-27-24(25-7-3)26-15-17-12-13-22(23(14-17)29-4)30-18-10-8-9-11-18;/h12-14,18H,5-11,15-16H2,1-4H3,(H2,25,26,27);1H. The summed E-state index contributed by atoms with van der Waals surface area (Å²) < 4.78 is 17.2. The molecule has 0 bridgehead atoms. The van der Waals surface area contributed by atoms with Crippen LogP contribution in [0.3, 0.4) is 0 Å². The number of aryl methyl sites for hydroxylation is 2. The molecule has 178 valence electrons. The maximum absolute atomic E-state index is 6.14. The lowest BCUT2D eigenvalue weighted by atomic mass is 10.1. The molecule has 1 aromatic heterocycles. The number of hydrogen-bond acceptors (Lipinski definition) is 5. The van der Waals surface area contributed by atoms with Crippen molar-refractivity contribution < 1.29 is 14.0 Å². The van der Waals surface area contributed by atoms with Crippen molar-refractivity contribution in [3.05, 3.63) is 40.8 Å². The van der Waals surface area contributed by atoms with E-state index in [2.05, 4.69) is 42.6 Å². The van der Waals surface area contributed by atoms with Crippen LogP contribution in [0.4, 0.5) is 0 Å². The van der Waals surface area contributed by atoms with Gasteiger partial charge in [-0.1, -0.05) is 25.1 Å². The van der Waals surface area contributed by atoms with E-state index in [9.17, 15) is 0 Å². The number of rotatable bonds is 10. The fourth-order valence-corrected chi connectivity index (χ4v) is 3.92. The van der Waals surface area contributed by atoms with Gasteiger partial charge in [-0.25, -0.2) is 4.99 Å². The van der Waals surface area contributed by atoms with E-state index < -0.39 is 0 Å². The van der Waals surface area contributed by atoms with Gasteiger partial charge in [0.2, 0.25) is 0 Å². The van der Waals surface area contributed by atoms with Gasteiger partial charge in [0, 0.05) is 25.1 Å². The van der Waals surface area contributed by atoms with E-state index >= 15 is 0 Å². The first kappa shape index (κ1) is 26.3. The first-order valence-electron chi connectivity index (χ1n) is 11.5. The molecule has 1 saturated carbocycles. The normalized spacial score (nSPS) is 14.2. The summed E-state index contributed by atoms with van der Waals surface area (Å²) in [5, 5.41) is 10.9. The molecule has 32 heavy (non-hydrogen) atoms. The molecule has 0 saturated heterocycles. The number of nitrogens with one attached hydrogen (secondary N) is 2. The third-order valence-electron chi connectivity index (χ3n) is 5.63. The van der Waals surface area contributed by atoms with Crippen LogP contribution in [0, 0.1) is 0 Å². The summed E-state index contributed by atoms with van der Waals surface area (Å²) in [4.78, 5) is 4.75. The Labute approximate surface area is 208 Å². The summed E-state index contributed by atoms with van der Waals surface area (Å²) >= 11 is 0. The molecule has 0 radical (unpaired) electrons.